The molecule has 2 nitrogen and oxygen atoms in total. The van der Waals surface area contributed by atoms with Crippen LogP contribution in [0, 0.1) is 17.5 Å². The van der Waals surface area contributed by atoms with Gasteiger partial charge in [-0.3, -0.25) is 0 Å². The summed E-state index contributed by atoms with van der Waals surface area (Å²) in [6.45, 7) is 1.79. The van der Waals surface area contributed by atoms with Gasteiger partial charge in [0.05, 0.1) is 5.69 Å². The molecule has 0 radical (unpaired) electrons. The highest BCUT2D eigenvalue weighted by Crippen LogP contribution is 2.22. The molecular formula is C12H15F3N2. The Balaban J connectivity index is 2.10. The minimum atomic E-state index is -1.42. The molecule has 0 spiro atoms. The van der Waals surface area contributed by atoms with Crippen LogP contribution in [0.5, 0.6) is 0 Å². The number of anilines is 1. The van der Waals surface area contributed by atoms with Gasteiger partial charge in [-0.25, -0.2) is 13.2 Å². The second-order valence-corrected chi connectivity index (χ2v) is 4.47. The third kappa shape index (κ3) is 2.72. The number of hydrogen-bond donors (Lipinski definition) is 1. The summed E-state index contributed by atoms with van der Waals surface area (Å²) in [5.41, 5.74) is 0.0317. The summed E-state index contributed by atoms with van der Waals surface area (Å²) in [6.07, 6.45) is 1.92. The number of piperidine rings is 1. The van der Waals surface area contributed by atoms with Crippen molar-refractivity contribution in [2.75, 3.05) is 25.5 Å². The Bertz CT molecular complexity index is 409. The number of nitrogens with one attached hydrogen (secondary N) is 1. The van der Waals surface area contributed by atoms with E-state index in [9.17, 15) is 13.2 Å². The zero-order valence-corrected chi connectivity index (χ0v) is 9.64. The number of nitrogens with zero attached hydrogens (tertiary/aromatic N) is 1. The zero-order valence-electron chi connectivity index (χ0n) is 9.64. The van der Waals surface area contributed by atoms with E-state index in [4.69, 9.17) is 0 Å². The van der Waals surface area contributed by atoms with Crippen LogP contribution < -0.4 is 5.32 Å². The van der Waals surface area contributed by atoms with Gasteiger partial charge in [0.2, 0.25) is 0 Å². The average Bonchev–Trinajstić information content (AvgIpc) is 2.30. The lowest BCUT2D eigenvalue weighted by molar-refractivity contribution is 0.260. The van der Waals surface area contributed by atoms with Crippen molar-refractivity contribution in [1.82, 2.24) is 4.90 Å². The molecule has 1 fully saturated rings. The summed E-state index contributed by atoms with van der Waals surface area (Å²) in [5.74, 6) is -3.72. The van der Waals surface area contributed by atoms with Crippen LogP contribution in [-0.4, -0.2) is 31.1 Å². The van der Waals surface area contributed by atoms with Crippen molar-refractivity contribution in [2.24, 2.45) is 0 Å². The van der Waals surface area contributed by atoms with Crippen molar-refractivity contribution in [3.05, 3.63) is 29.6 Å². The van der Waals surface area contributed by atoms with E-state index in [1.807, 2.05) is 7.05 Å². The maximum Gasteiger partial charge on any atom is 0.196 e. The fraction of sp³-hybridized carbons (Fsp3) is 0.500. The molecule has 0 aliphatic carbocycles. The molecule has 5 heteroatoms. The van der Waals surface area contributed by atoms with Crippen LogP contribution in [0.2, 0.25) is 0 Å². The van der Waals surface area contributed by atoms with Crippen LogP contribution >= 0.6 is 0 Å². The predicted octanol–water partition coefficient (Wildman–Crippen LogP) is 2.61. The van der Waals surface area contributed by atoms with Crippen LogP contribution in [-0.2, 0) is 0 Å². The molecule has 1 aliphatic rings. The van der Waals surface area contributed by atoms with E-state index in [0.717, 1.165) is 32.0 Å². The van der Waals surface area contributed by atoms with Gasteiger partial charge in [-0.05, 0) is 38.6 Å². The maximum absolute atomic E-state index is 13.4. The largest absolute Gasteiger partial charge is 0.379 e. The Morgan fingerprint density at radius 3 is 2.71 bits per heavy atom. The lowest BCUT2D eigenvalue weighted by Gasteiger charge is -2.31. The van der Waals surface area contributed by atoms with Crippen molar-refractivity contribution in [3.63, 3.8) is 0 Å². The van der Waals surface area contributed by atoms with Crippen molar-refractivity contribution < 1.29 is 13.2 Å². The molecule has 2 rings (SSSR count). The molecule has 0 aromatic heterocycles. The fourth-order valence-corrected chi connectivity index (χ4v) is 2.14. The highest BCUT2D eigenvalue weighted by molar-refractivity contribution is 5.46. The van der Waals surface area contributed by atoms with Gasteiger partial charge in [0.25, 0.3) is 0 Å². The highest BCUT2D eigenvalue weighted by atomic mass is 19.2. The smallest absolute Gasteiger partial charge is 0.196 e. The van der Waals surface area contributed by atoms with Gasteiger partial charge in [0.1, 0.15) is 0 Å². The molecule has 1 unspecified atom stereocenters. The van der Waals surface area contributed by atoms with E-state index in [1.54, 1.807) is 0 Å². The van der Waals surface area contributed by atoms with E-state index < -0.39 is 17.5 Å². The number of hydrogen-bond acceptors (Lipinski definition) is 2. The number of benzene rings is 1. The van der Waals surface area contributed by atoms with Gasteiger partial charge in [0.15, 0.2) is 17.5 Å². The van der Waals surface area contributed by atoms with Gasteiger partial charge >= 0.3 is 0 Å². The Labute approximate surface area is 98.4 Å². The van der Waals surface area contributed by atoms with E-state index in [0.29, 0.717) is 0 Å². The summed E-state index contributed by atoms with van der Waals surface area (Å²) < 4.78 is 39.2. The predicted molar refractivity (Wildman–Crippen MR) is 60.5 cm³/mol. The number of likely N-dealkylation sites (N-methyl/N-ethyl adjacent to an activating group) is 1. The van der Waals surface area contributed by atoms with Gasteiger partial charge in [-0.15, -0.1) is 0 Å². The lowest BCUT2D eigenvalue weighted by atomic mass is 10.1. The van der Waals surface area contributed by atoms with Gasteiger partial charge in [0, 0.05) is 12.6 Å². The molecule has 0 amide bonds. The zero-order chi connectivity index (χ0) is 12.4. The van der Waals surface area contributed by atoms with Gasteiger partial charge < -0.3 is 10.2 Å². The summed E-state index contributed by atoms with van der Waals surface area (Å²) in [6, 6.07) is 2.25. The Morgan fingerprint density at radius 2 is 2.00 bits per heavy atom. The SMILES string of the molecule is CN1CCCC(Nc2ccc(F)c(F)c2F)C1. The van der Waals surface area contributed by atoms with Crippen molar-refractivity contribution in [2.45, 2.75) is 18.9 Å². The second-order valence-electron chi connectivity index (χ2n) is 4.47. The molecule has 17 heavy (non-hydrogen) atoms. The average molecular weight is 244 g/mol. The Morgan fingerprint density at radius 1 is 1.24 bits per heavy atom. The first-order valence-electron chi connectivity index (χ1n) is 5.66. The van der Waals surface area contributed by atoms with Crippen LogP contribution in [0.15, 0.2) is 12.1 Å². The monoisotopic (exact) mass is 244 g/mol. The molecule has 1 N–H and O–H groups in total. The number of rotatable bonds is 2. The molecular weight excluding hydrogens is 229 g/mol. The lowest BCUT2D eigenvalue weighted by Crippen LogP contribution is -2.39. The summed E-state index contributed by atoms with van der Waals surface area (Å²) in [4.78, 5) is 2.12. The minimum Gasteiger partial charge on any atom is -0.379 e. The number of halogens is 3. The van der Waals surface area contributed by atoms with Crippen molar-refractivity contribution in [3.8, 4) is 0 Å². The van der Waals surface area contributed by atoms with Gasteiger partial charge in [-0.2, -0.15) is 0 Å². The molecule has 1 atom stereocenters. The molecule has 0 bridgehead atoms. The fourth-order valence-electron chi connectivity index (χ4n) is 2.14. The molecule has 0 saturated carbocycles. The third-order valence-electron chi connectivity index (χ3n) is 3.02. The second kappa shape index (κ2) is 4.96. The Hall–Kier alpha value is -1.23. The maximum atomic E-state index is 13.4. The van der Waals surface area contributed by atoms with Crippen molar-refractivity contribution >= 4 is 5.69 Å². The normalized spacial score (nSPS) is 21.5. The first-order valence-corrected chi connectivity index (χ1v) is 5.66. The standard InChI is InChI=1S/C12H15F3N2/c1-17-6-2-3-8(7-17)16-10-5-4-9(13)11(14)12(10)15/h4-5,8,16H,2-3,6-7H2,1H3. The van der Waals surface area contributed by atoms with E-state index in [1.165, 1.54) is 6.07 Å². The first kappa shape index (κ1) is 12.2. The first-order chi connectivity index (χ1) is 8.08. The quantitative estimate of drug-likeness (QED) is 0.804. The molecule has 94 valence electrons. The van der Waals surface area contributed by atoms with Crippen LogP contribution in [0.3, 0.4) is 0 Å². The topological polar surface area (TPSA) is 15.3 Å². The summed E-state index contributed by atoms with van der Waals surface area (Å²) in [7, 11) is 1.98. The summed E-state index contributed by atoms with van der Waals surface area (Å²) >= 11 is 0. The van der Waals surface area contributed by atoms with E-state index in [-0.39, 0.29) is 11.7 Å². The van der Waals surface area contributed by atoms with Crippen LogP contribution in [0.25, 0.3) is 0 Å². The Kier molecular flexibility index (Phi) is 3.57. The summed E-state index contributed by atoms with van der Waals surface area (Å²) in [5, 5.41) is 2.92. The van der Waals surface area contributed by atoms with Gasteiger partial charge in [-0.1, -0.05) is 0 Å². The van der Waals surface area contributed by atoms with Crippen molar-refractivity contribution in [1.29, 1.82) is 0 Å². The molecule has 1 heterocycles. The number of likely N-dealkylation sites (tertiary alicyclic amines) is 1. The molecule has 1 saturated heterocycles. The molecule has 1 aliphatic heterocycles. The highest BCUT2D eigenvalue weighted by Gasteiger charge is 2.20. The molecule has 1 aromatic carbocycles. The molecule has 1 aromatic rings. The van der Waals surface area contributed by atoms with Crippen LogP contribution in [0.4, 0.5) is 18.9 Å². The van der Waals surface area contributed by atoms with Crippen LogP contribution in [0.1, 0.15) is 12.8 Å². The third-order valence-corrected chi connectivity index (χ3v) is 3.02. The van der Waals surface area contributed by atoms with E-state index >= 15 is 0 Å². The van der Waals surface area contributed by atoms with E-state index in [2.05, 4.69) is 10.2 Å². The minimum absolute atomic E-state index is 0.0317.